The van der Waals surface area contributed by atoms with Crippen molar-refractivity contribution in [2.45, 2.75) is 13.0 Å². The molecule has 0 aliphatic carbocycles. The molecule has 0 amide bonds. The number of thiazole rings is 1. The van der Waals surface area contributed by atoms with Gasteiger partial charge in [-0.3, -0.25) is 9.36 Å². The molecule has 0 bridgehead atoms. The molecule has 3 aromatic carbocycles. The minimum absolute atomic E-state index is 0.104. The summed E-state index contributed by atoms with van der Waals surface area (Å²) >= 11 is 1.16. The number of furan rings is 1. The molecule has 0 fully saturated rings. The molecule has 0 saturated heterocycles. The van der Waals surface area contributed by atoms with Crippen LogP contribution in [0.3, 0.4) is 0 Å². The first-order valence-corrected chi connectivity index (χ1v) is 14.6. The third-order valence-electron chi connectivity index (χ3n) is 7.13. The zero-order chi connectivity index (χ0) is 30.8. The molecule has 44 heavy (non-hydrogen) atoms. The molecule has 1 aliphatic heterocycles. The Hall–Kier alpha value is -5.48. The van der Waals surface area contributed by atoms with Crippen LogP contribution in [0.1, 0.15) is 40.2 Å². The van der Waals surface area contributed by atoms with Crippen LogP contribution in [0.25, 0.3) is 23.1 Å². The Balaban J connectivity index is 1.55. The largest absolute Gasteiger partial charge is 0.497 e. The number of hydrogen-bond donors (Lipinski definition) is 1. The molecule has 1 aliphatic rings. The van der Waals surface area contributed by atoms with Crippen molar-refractivity contribution in [3.05, 3.63) is 139 Å². The van der Waals surface area contributed by atoms with Gasteiger partial charge in [-0.1, -0.05) is 72.0 Å². The number of rotatable bonds is 8. The number of fused-ring (bicyclic) bond motifs is 1. The van der Waals surface area contributed by atoms with E-state index in [-0.39, 0.29) is 23.3 Å². The average Bonchev–Trinajstić information content (AvgIpc) is 3.64. The molecular weight excluding hydrogens is 580 g/mol. The number of aromatic nitrogens is 1. The second kappa shape index (κ2) is 12.0. The van der Waals surface area contributed by atoms with Crippen molar-refractivity contribution >= 4 is 35.0 Å². The smallest absolute Gasteiger partial charge is 0.338 e. The van der Waals surface area contributed by atoms with Crippen molar-refractivity contribution in [2.24, 2.45) is 4.99 Å². The Labute approximate surface area is 255 Å². The van der Waals surface area contributed by atoms with Gasteiger partial charge in [0, 0.05) is 17.2 Å². The summed E-state index contributed by atoms with van der Waals surface area (Å²) in [6, 6.07) is 25.5. The number of carboxylic acid groups (broad SMARTS) is 1. The van der Waals surface area contributed by atoms with Crippen LogP contribution in [0.15, 0.2) is 111 Å². The van der Waals surface area contributed by atoms with E-state index in [4.69, 9.17) is 18.9 Å². The van der Waals surface area contributed by atoms with Crippen molar-refractivity contribution in [3.63, 3.8) is 0 Å². The molecule has 3 heterocycles. The Morgan fingerprint density at radius 2 is 1.73 bits per heavy atom. The van der Waals surface area contributed by atoms with Crippen LogP contribution in [-0.2, 0) is 9.53 Å². The Kier molecular flexibility index (Phi) is 7.82. The van der Waals surface area contributed by atoms with E-state index in [1.54, 1.807) is 62.6 Å². The highest BCUT2D eigenvalue weighted by Crippen LogP contribution is 2.35. The van der Waals surface area contributed by atoms with Gasteiger partial charge in [0.25, 0.3) is 5.56 Å². The monoisotopic (exact) mass is 606 g/mol. The summed E-state index contributed by atoms with van der Waals surface area (Å²) in [4.78, 5) is 44.6. The second-order valence-electron chi connectivity index (χ2n) is 9.76. The van der Waals surface area contributed by atoms with E-state index in [0.717, 1.165) is 11.3 Å². The van der Waals surface area contributed by atoms with Crippen LogP contribution < -0.4 is 19.6 Å². The standard InChI is InChI=1S/C34H26N2O7S/c1-3-42-33(40)28-29(20-9-5-4-6-10-20)35-34-36(30(28)21-13-15-22(41-2)16-14-21)31(37)27(44-34)19-23-17-18-26(43-23)24-11-7-8-12-25(24)32(38)39/h4-19,30H,3H2,1-2H3,(H,38,39)/b27-19-/t30-/m0/s1. The SMILES string of the molecule is CCOC(=O)C1=C(c2ccccc2)N=c2s/c(=C\c3ccc(-c4ccccc4C(=O)O)o3)c(=O)n2[C@H]1c1ccc(OC)cc1. The quantitative estimate of drug-likeness (QED) is 0.250. The highest BCUT2D eigenvalue weighted by Gasteiger charge is 2.35. The molecule has 0 spiro atoms. The van der Waals surface area contributed by atoms with Gasteiger partial charge >= 0.3 is 11.9 Å². The lowest BCUT2D eigenvalue weighted by molar-refractivity contribution is -0.138. The van der Waals surface area contributed by atoms with Gasteiger partial charge in [-0.05, 0) is 42.8 Å². The first-order valence-electron chi connectivity index (χ1n) is 13.7. The lowest BCUT2D eigenvalue weighted by Gasteiger charge is -2.26. The second-order valence-corrected chi connectivity index (χ2v) is 10.8. The summed E-state index contributed by atoms with van der Waals surface area (Å²) in [5.41, 5.74) is 2.21. The zero-order valence-corrected chi connectivity index (χ0v) is 24.5. The van der Waals surface area contributed by atoms with Gasteiger partial charge in [0.05, 0.1) is 41.1 Å². The van der Waals surface area contributed by atoms with Gasteiger partial charge in [0.2, 0.25) is 0 Å². The zero-order valence-electron chi connectivity index (χ0n) is 23.7. The molecular formula is C34H26N2O7S. The van der Waals surface area contributed by atoms with Gasteiger partial charge < -0.3 is 19.0 Å². The number of carboxylic acids is 1. The van der Waals surface area contributed by atoms with Crippen molar-refractivity contribution < 1.29 is 28.6 Å². The molecule has 0 unspecified atom stereocenters. The molecule has 1 atom stereocenters. The number of nitrogens with zero attached hydrogens (tertiary/aromatic N) is 2. The lowest BCUT2D eigenvalue weighted by Crippen LogP contribution is -2.40. The molecule has 2 aromatic heterocycles. The summed E-state index contributed by atoms with van der Waals surface area (Å²) in [5.74, 6) is -0.298. The number of hydrogen-bond acceptors (Lipinski definition) is 8. The number of carbonyl (C=O) groups excluding carboxylic acids is 1. The normalized spacial score (nSPS) is 14.6. The fourth-order valence-electron chi connectivity index (χ4n) is 5.13. The number of benzene rings is 3. The van der Waals surface area contributed by atoms with E-state index in [1.807, 2.05) is 42.5 Å². The molecule has 1 N–H and O–H groups in total. The van der Waals surface area contributed by atoms with Gasteiger partial charge in [-0.2, -0.15) is 0 Å². The molecule has 6 rings (SSSR count). The summed E-state index contributed by atoms with van der Waals surface area (Å²) in [7, 11) is 1.57. The topological polar surface area (TPSA) is 120 Å². The highest BCUT2D eigenvalue weighted by molar-refractivity contribution is 7.07. The summed E-state index contributed by atoms with van der Waals surface area (Å²) in [5, 5.41) is 9.60. The Bertz CT molecular complexity index is 2090. The highest BCUT2D eigenvalue weighted by atomic mass is 32.1. The van der Waals surface area contributed by atoms with Crippen LogP contribution in [0.4, 0.5) is 0 Å². The van der Waals surface area contributed by atoms with Crippen molar-refractivity contribution in [2.75, 3.05) is 13.7 Å². The molecule has 5 aromatic rings. The average molecular weight is 607 g/mol. The third-order valence-corrected chi connectivity index (χ3v) is 8.11. The van der Waals surface area contributed by atoms with Crippen LogP contribution >= 0.6 is 11.3 Å². The van der Waals surface area contributed by atoms with E-state index in [9.17, 15) is 19.5 Å². The summed E-state index contributed by atoms with van der Waals surface area (Å²) in [6.45, 7) is 1.88. The van der Waals surface area contributed by atoms with E-state index in [0.29, 0.717) is 49.0 Å². The number of esters is 1. The molecule has 220 valence electrons. The van der Waals surface area contributed by atoms with E-state index < -0.39 is 18.0 Å². The first-order chi connectivity index (χ1) is 21.4. The fraction of sp³-hybridized carbons (Fsp3) is 0.118. The van der Waals surface area contributed by atoms with Crippen molar-refractivity contribution in [1.82, 2.24) is 4.57 Å². The number of methoxy groups -OCH3 is 1. The maximum Gasteiger partial charge on any atom is 0.338 e. The van der Waals surface area contributed by atoms with E-state index in [2.05, 4.69) is 0 Å². The molecule has 0 saturated carbocycles. The number of ether oxygens (including phenoxy) is 2. The Morgan fingerprint density at radius 1 is 1.00 bits per heavy atom. The van der Waals surface area contributed by atoms with Crippen LogP contribution in [-0.4, -0.2) is 35.3 Å². The predicted molar refractivity (Wildman–Crippen MR) is 165 cm³/mol. The van der Waals surface area contributed by atoms with Gasteiger partial charge in [0.1, 0.15) is 17.3 Å². The predicted octanol–water partition coefficient (Wildman–Crippen LogP) is 4.90. The van der Waals surface area contributed by atoms with E-state index >= 15 is 0 Å². The van der Waals surface area contributed by atoms with Crippen LogP contribution in [0.5, 0.6) is 5.75 Å². The number of aromatic carboxylic acids is 1. The van der Waals surface area contributed by atoms with Crippen LogP contribution in [0, 0.1) is 0 Å². The van der Waals surface area contributed by atoms with Crippen LogP contribution in [0.2, 0.25) is 0 Å². The van der Waals surface area contributed by atoms with Gasteiger partial charge in [0.15, 0.2) is 4.80 Å². The van der Waals surface area contributed by atoms with Gasteiger partial charge in [-0.25, -0.2) is 14.6 Å². The molecule has 10 heteroatoms. The first kappa shape index (κ1) is 28.6. The summed E-state index contributed by atoms with van der Waals surface area (Å²) in [6.07, 6.45) is 1.60. The molecule has 0 radical (unpaired) electrons. The third kappa shape index (κ3) is 5.27. The summed E-state index contributed by atoms with van der Waals surface area (Å²) < 4.78 is 18.6. The molecule has 9 nitrogen and oxygen atoms in total. The minimum atomic E-state index is -1.07. The van der Waals surface area contributed by atoms with Crippen molar-refractivity contribution in [3.8, 4) is 17.1 Å². The Morgan fingerprint density at radius 3 is 2.43 bits per heavy atom. The number of carbonyl (C=O) groups is 2. The van der Waals surface area contributed by atoms with Crippen molar-refractivity contribution in [1.29, 1.82) is 0 Å². The fourth-order valence-corrected chi connectivity index (χ4v) is 6.11. The maximum atomic E-state index is 14.1. The van der Waals surface area contributed by atoms with E-state index in [1.165, 1.54) is 10.6 Å². The van der Waals surface area contributed by atoms with Gasteiger partial charge in [-0.15, -0.1) is 0 Å². The maximum absolute atomic E-state index is 14.1. The lowest BCUT2D eigenvalue weighted by atomic mass is 9.93. The minimum Gasteiger partial charge on any atom is -0.497 e.